The van der Waals surface area contributed by atoms with Crippen molar-refractivity contribution >= 4 is 46.3 Å². The number of rotatable bonds is 4. The summed E-state index contributed by atoms with van der Waals surface area (Å²) in [5.41, 5.74) is 0.997. The second-order valence-corrected chi connectivity index (χ2v) is 8.55. The van der Waals surface area contributed by atoms with E-state index in [9.17, 15) is 4.79 Å². The number of benzene rings is 1. The summed E-state index contributed by atoms with van der Waals surface area (Å²) in [6.07, 6.45) is 10.9. The number of allylic oxidation sites excluding steroid dienone is 2. The first kappa shape index (κ1) is 19.9. The number of amides is 1. The second-order valence-electron chi connectivity index (χ2n) is 7.10. The molecule has 6 heteroatoms. The molecule has 1 amide bonds. The minimum atomic E-state index is -0.0174. The number of nitrogens with zero attached hydrogens (tertiary/aromatic N) is 3. The molecule has 1 aromatic heterocycles. The normalized spacial score (nSPS) is 21.3. The quantitative estimate of drug-likeness (QED) is 0.554. The molecule has 4 nitrogen and oxygen atoms in total. The van der Waals surface area contributed by atoms with E-state index in [1.54, 1.807) is 12.3 Å². The molecular formula is C23H22ClN3OS. The fourth-order valence-corrected chi connectivity index (χ4v) is 4.96. The van der Waals surface area contributed by atoms with Gasteiger partial charge < -0.3 is 0 Å². The zero-order valence-corrected chi connectivity index (χ0v) is 17.6. The maximum atomic E-state index is 13.2. The van der Waals surface area contributed by atoms with Gasteiger partial charge in [-0.15, -0.1) is 0 Å². The molecule has 0 atom stereocenters. The number of hydrogen-bond donors (Lipinski definition) is 0. The van der Waals surface area contributed by atoms with Gasteiger partial charge in [0.05, 0.1) is 4.91 Å². The number of carbonyl (C=O) groups is 1. The molecule has 0 unspecified atom stereocenters. The van der Waals surface area contributed by atoms with Gasteiger partial charge in [0.25, 0.3) is 5.91 Å². The Morgan fingerprint density at radius 3 is 2.59 bits per heavy atom. The summed E-state index contributed by atoms with van der Waals surface area (Å²) in [4.78, 5) is 24.7. The molecule has 0 bridgehead atoms. The molecule has 0 spiro atoms. The lowest BCUT2D eigenvalue weighted by Crippen LogP contribution is -2.40. The molecule has 0 radical (unpaired) electrons. The molecule has 29 heavy (non-hydrogen) atoms. The molecule has 2 heterocycles. The minimum absolute atomic E-state index is 0.0174. The zero-order valence-electron chi connectivity index (χ0n) is 16.0. The van der Waals surface area contributed by atoms with Crippen molar-refractivity contribution in [2.75, 3.05) is 0 Å². The minimum Gasteiger partial charge on any atom is -0.283 e. The molecule has 4 rings (SSSR count). The van der Waals surface area contributed by atoms with E-state index < -0.39 is 0 Å². The highest BCUT2D eigenvalue weighted by molar-refractivity contribution is 8.18. The number of halogens is 1. The summed E-state index contributed by atoms with van der Waals surface area (Å²) in [6, 6.07) is 15.6. The molecule has 2 aromatic rings. The first-order valence-electron chi connectivity index (χ1n) is 9.86. The zero-order chi connectivity index (χ0) is 20.1. The van der Waals surface area contributed by atoms with Crippen LogP contribution in [0, 0.1) is 0 Å². The first-order valence-corrected chi connectivity index (χ1v) is 11.1. The van der Waals surface area contributed by atoms with Gasteiger partial charge >= 0.3 is 0 Å². The predicted molar refractivity (Wildman–Crippen MR) is 121 cm³/mol. The summed E-state index contributed by atoms with van der Waals surface area (Å²) < 4.78 is 0. The third-order valence-electron chi connectivity index (χ3n) is 5.01. The molecule has 0 N–H and O–H groups in total. The summed E-state index contributed by atoms with van der Waals surface area (Å²) in [7, 11) is 0. The van der Waals surface area contributed by atoms with Crippen molar-refractivity contribution in [1.82, 2.24) is 9.88 Å². The van der Waals surface area contributed by atoms with Crippen LogP contribution in [0.3, 0.4) is 0 Å². The van der Waals surface area contributed by atoms with Crippen LogP contribution in [0.5, 0.6) is 0 Å². The van der Waals surface area contributed by atoms with E-state index in [0.29, 0.717) is 20.9 Å². The standard InChI is InChI=1S/C23H22ClN3OS/c24-18(15-17-9-3-1-4-10-17)16-20-22(28)27(19-11-5-2-6-12-19)23(29-20)26-21-13-7-8-14-25-21/h1,3-4,7-10,13-16,19H,2,5-6,11-12H2/b18-15-,20-16-,26-23+. The molecule has 2 fully saturated rings. The largest absolute Gasteiger partial charge is 0.283 e. The van der Waals surface area contributed by atoms with Crippen molar-refractivity contribution in [1.29, 1.82) is 0 Å². The number of pyridine rings is 1. The van der Waals surface area contributed by atoms with E-state index in [1.807, 2.05) is 59.5 Å². The van der Waals surface area contributed by atoms with E-state index in [-0.39, 0.29) is 11.9 Å². The lowest BCUT2D eigenvalue weighted by atomic mass is 9.94. The lowest BCUT2D eigenvalue weighted by molar-refractivity contribution is -0.124. The Kier molecular flexibility index (Phi) is 6.47. The third kappa shape index (κ3) is 4.98. The fourth-order valence-electron chi connectivity index (χ4n) is 3.62. The molecule has 1 saturated heterocycles. The van der Waals surface area contributed by atoms with Crippen LogP contribution in [0.15, 0.2) is 75.7 Å². The van der Waals surface area contributed by atoms with Crippen LogP contribution in [0.25, 0.3) is 6.08 Å². The monoisotopic (exact) mass is 423 g/mol. The van der Waals surface area contributed by atoms with Gasteiger partial charge in [0.15, 0.2) is 11.0 Å². The molecular weight excluding hydrogens is 402 g/mol. The Balaban J connectivity index is 1.65. The number of amidine groups is 1. The van der Waals surface area contributed by atoms with Crippen LogP contribution in [-0.4, -0.2) is 27.0 Å². The summed E-state index contributed by atoms with van der Waals surface area (Å²) >= 11 is 7.83. The fraction of sp³-hybridized carbons (Fsp3) is 0.261. The van der Waals surface area contributed by atoms with Gasteiger partial charge in [0.2, 0.25) is 0 Å². The highest BCUT2D eigenvalue weighted by atomic mass is 35.5. The number of aliphatic imine (C=N–C) groups is 1. The van der Waals surface area contributed by atoms with E-state index in [4.69, 9.17) is 11.6 Å². The molecule has 1 aliphatic heterocycles. The number of thioether (sulfide) groups is 1. The lowest BCUT2D eigenvalue weighted by Gasteiger charge is -2.30. The van der Waals surface area contributed by atoms with Gasteiger partial charge in [-0.1, -0.05) is 67.3 Å². The van der Waals surface area contributed by atoms with Crippen LogP contribution in [0.4, 0.5) is 5.82 Å². The number of hydrogen-bond acceptors (Lipinski definition) is 4. The SMILES string of the molecule is O=C1/C(=C/C(Cl)=C/c2ccccc2)S/C(=N/c2ccccn2)N1C1CCCCC1. The van der Waals surface area contributed by atoms with Crippen molar-refractivity contribution in [2.45, 2.75) is 38.1 Å². The molecule has 1 aliphatic carbocycles. The highest BCUT2D eigenvalue weighted by Gasteiger charge is 2.38. The van der Waals surface area contributed by atoms with Crippen LogP contribution < -0.4 is 0 Å². The average Bonchev–Trinajstić information content (AvgIpc) is 3.04. The van der Waals surface area contributed by atoms with Crippen LogP contribution >= 0.6 is 23.4 Å². The summed E-state index contributed by atoms with van der Waals surface area (Å²) in [5, 5.41) is 1.21. The van der Waals surface area contributed by atoms with Crippen molar-refractivity contribution in [3.05, 3.63) is 76.3 Å². The maximum Gasteiger partial charge on any atom is 0.267 e. The van der Waals surface area contributed by atoms with Gasteiger partial charge in [-0.2, -0.15) is 0 Å². The topological polar surface area (TPSA) is 45.6 Å². The Morgan fingerprint density at radius 2 is 1.86 bits per heavy atom. The van der Waals surface area contributed by atoms with E-state index in [0.717, 1.165) is 31.2 Å². The Morgan fingerprint density at radius 1 is 1.10 bits per heavy atom. The molecule has 1 saturated carbocycles. The van der Waals surface area contributed by atoms with Crippen LogP contribution in [0.1, 0.15) is 37.7 Å². The van der Waals surface area contributed by atoms with Gasteiger partial charge in [0.1, 0.15) is 0 Å². The molecule has 148 valence electrons. The maximum absolute atomic E-state index is 13.2. The third-order valence-corrected chi connectivity index (χ3v) is 6.21. The molecule has 2 aliphatic rings. The van der Waals surface area contributed by atoms with E-state index in [2.05, 4.69) is 9.98 Å². The summed E-state index contributed by atoms with van der Waals surface area (Å²) in [5.74, 6) is 0.590. The van der Waals surface area contributed by atoms with Crippen molar-refractivity contribution in [3.8, 4) is 0 Å². The first-order chi connectivity index (χ1) is 14.2. The highest BCUT2D eigenvalue weighted by Crippen LogP contribution is 2.38. The molecule has 1 aromatic carbocycles. The Bertz CT molecular complexity index is 951. The Hall–Kier alpha value is -2.37. The van der Waals surface area contributed by atoms with E-state index in [1.165, 1.54) is 18.2 Å². The van der Waals surface area contributed by atoms with E-state index >= 15 is 0 Å². The van der Waals surface area contributed by atoms with Crippen LogP contribution in [-0.2, 0) is 4.79 Å². The Labute approximate surface area is 180 Å². The predicted octanol–water partition coefficient (Wildman–Crippen LogP) is 6.14. The number of carbonyl (C=O) groups excluding carboxylic acids is 1. The number of aromatic nitrogens is 1. The van der Waals surface area contributed by atoms with Crippen molar-refractivity contribution in [3.63, 3.8) is 0 Å². The van der Waals surface area contributed by atoms with Gasteiger partial charge in [-0.25, -0.2) is 9.98 Å². The smallest absolute Gasteiger partial charge is 0.267 e. The van der Waals surface area contributed by atoms with Crippen molar-refractivity contribution < 1.29 is 4.79 Å². The second kappa shape index (κ2) is 9.42. The van der Waals surface area contributed by atoms with Gasteiger partial charge in [0, 0.05) is 17.3 Å². The average molecular weight is 424 g/mol. The van der Waals surface area contributed by atoms with Gasteiger partial charge in [-0.05, 0) is 54.5 Å². The van der Waals surface area contributed by atoms with Crippen LogP contribution in [0.2, 0.25) is 0 Å². The van der Waals surface area contributed by atoms with Gasteiger partial charge in [-0.3, -0.25) is 9.69 Å². The van der Waals surface area contributed by atoms with Crippen molar-refractivity contribution in [2.24, 2.45) is 4.99 Å². The summed E-state index contributed by atoms with van der Waals surface area (Å²) in [6.45, 7) is 0.